The highest BCUT2D eigenvalue weighted by Crippen LogP contribution is 2.11. The van der Waals surface area contributed by atoms with Gasteiger partial charge in [0.15, 0.2) is 0 Å². The first-order valence-electron chi connectivity index (χ1n) is 3.06. The Bertz CT molecular complexity index is 227. The summed E-state index contributed by atoms with van der Waals surface area (Å²) in [6.45, 7) is 3.56. The van der Waals surface area contributed by atoms with Gasteiger partial charge in [0.1, 0.15) is 0 Å². The van der Waals surface area contributed by atoms with Gasteiger partial charge in [0, 0.05) is 17.6 Å². The molecule has 0 aromatic carbocycles. The molecule has 0 radical (unpaired) electrons. The Morgan fingerprint density at radius 3 is 2.80 bits per heavy atom. The van der Waals surface area contributed by atoms with Gasteiger partial charge in [-0.15, -0.1) is 6.58 Å². The molecule has 3 heteroatoms. The van der Waals surface area contributed by atoms with E-state index in [1.165, 1.54) is 0 Å². The van der Waals surface area contributed by atoms with E-state index in [0.29, 0.717) is 5.69 Å². The summed E-state index contributed by atoms with van der Waals surface area (Å²) >= 11 is 0. The number of aromatic nitrogens is 1. The lowest BCUT2D eigenvalue weighted by atomic mass is 10.2. The summed E-state index contributed by atoms with van der Waals surface area (Å²) in [5.74, 6) is 0. The maximum atomic E-state index is 5.60. The highest BCUT2D eigenvalue weighted by Gasteiger charge is 2.01. The van der Waals surface area contributed by atoms with Crippen molar-refractivity contribution in [2.75, 3.05) is 5.73 Å². The molecule has 1 aromatic rings. The molecule has 1 heterocycles. The zero-order valence-corrected chi connectivity index (χ0v) is 5.67. The summed E-state index contributed by atoms with van der Waals surface area (Å²) in [5, 5.41) is 0. The van der Waals surface area contributed by atoms with Crippen LogP contribution in [0.25, 0.3) is 0 Å². The number of rotatable bonds is 2. The molecule has 0 saturated carbocycles. The third-order valence-electron chi connectivity index (χ3n) is 1.34. The standard InChI is InChI=1S/C7H11N3/c1-2-6(9)7-3-5(8)4-10-7/h2-4,6,10H,1,8-9H2/t6-/m1/s1. The summed E-state index contributed by atoms with van der Waals surface area (Å²) in [6, 6.07) is 1.66. The zero-order chi connectivity index (χ0) is 7.56. The maximum absolute atomic E-state index is 5.60. The van der Waals surface area contributed by atoms with Crippen molar-refractivity contribution in [3.8, 4) is 0 Å². The Balaban J connectivity index is 2.84. The number of nitrogens with two attached hydrogens (primary N) is 2. The van der Waals surface area contributed by atoms with Crippen LogP contribution in [0.4, 0.5) is 5.69 Å². The molecule has 0 amide bonds. The SMILES string of the molecule is C=C[C@@H](N)c1cc(N)c[nH]1. The average molecular weight is 137 g/mol. The van der Waals surface area contributed by atoms with Crippen molar-refractivity contribution in [2.24, 2.45) is 5.73 Å². The second-order valence-electron chi connectivity index (χ2n) is 2.15. The predicted molar refractivity (Wildman–Crippen MR) is 42.3 cm³/mol. The van der Waals surface area contributed by atoms with Crippen LogP contribution in [0.3, 0.4) is 0 Å². The summed E-state index contributed by atoms with van der Waals surface area (Å²) in [7, 11) is 0. The number of hydrogen-bond acceptors (Lipinski definition) is 2. The van der Waals surface area contributed by atoms with Crippen LogP contribution in [0.5, 0.6) is 0 Å². The lowest BCUT2D eigenvalue weighted by Crippen LogP contribution is -2.06. The van der Waals surface area contributed by atoms with Crippen molar-refractivity contribution < 1.29 is 0 Å². The van der Waals surface area contributed by atoms with E-state index in [-0.39, 0.29) is 6.04 Å². The molecule has 0 fully saturated rings. The largest absolute Gasteiger partial charge is 0.397 e. The molecule has 5 N–H and O–H groups in total. The smallest absolute Gasteiger partial charge is 0.0631 e. The quantitative estimate of drug-likeness (QED) is 0.527. The van der Waals surface area contributed by atoms with Crippen molar-refractivity contribution >= 4 is 5.69 Å². The van der Waals surface area contributed by atoms with Gasteiger partial charge < -0.3 is 16.5 Å². The van der Waals surface area contributed by atoms with Crippen molar-refractivity contribution in [1.82, 2.24) is 4.98 Å². The van der Waals surface area contributed by atoms with Crippen LogP contribution in [0.1, 0.15) is 11.7 Å². The van der Waals surface area contributed by atoms with Crippen LogP contribution in [-0.2, 0) is 0 Å². The Morgan fingerprint density at radius 2 is 2.40 bits per heavy atom. The number of aromatic amines is 1. The number of H-pyrrole nitrogens is 1. The van der Waals surface area contributed by atoms with Crippen LogP contribution < -0.4 is 11.5 Å². The fourth-order valence-electron chi connectivity index (χ4n) is 0.749. The Hall–Kier alpha value is -1.22. The van der Waals surface area contributed by atoms with Crippen molar-refractivity contribution in [1.29, 1.82) is 0 Å². The van der Waals surface area contributed by atoms with Gasteiger partial charge in [0.05, 0.1) is 6.04 Å². The molecule has 10 heavy (non-hydrogen) atoms. The predicted octanol–water partition coefficient (Wildman–Crippen LogP) is 0.783. The van der Waals surface area contributed by atoms with E-state index >= 15 is 0 Å². The van der Waals surface area contributed by atoms with Gasteiger partial charge in [-0.1, -0.05) is 6.08 Å². The van der Waals surface area contributed by atoms with Crippen LogP contribution >= 0.6 is 0 Å². The van der Waals surface area contributed by atoms with Gasteiger partial charge in [0.25, 0.3) is 0 Å². The average Bonchev–Trinajstić information content (AvgIpc) is 2.34. The van der Waals surface area contributed by atoms with E-state index in [2.05, 4.69) is 11.6 Å². The van der Waals surface area contributed by atoms with Crippen molar-refractivity contribution in [3.63, 3.8) is 0 Å². The number of hydrogen-bond donors (Lipinski definition) is 3. The molecule has 0 aliphatic heterocycles. The normalized spacial score (nSPS) is 12.9. The van der Waals surface area contributed by atoms with E-state index in [1.54, 1.807) is 18.3 Å². The van der Waals surface area contributed by atoms with Crippen LogP contribution in [0.2, 0.25) is 0 Å². The summed E-state index contributed by atoms with van der Waals surface area (Å²) in [4.78, 5) is 2.93. The first-order chi connectivity index (χ1) is 4.74. The fourth-order valence-corrected chi connectivity index (χ4v) is 0.749. The van der Waals surface area contributed by atoms with Gasteiger partial charge >= 0.3 is 0 Å². The third-order valence-corrected chi connectivity index (χ3v) is 1.34. The first kappa shape index (κ1) is 6.89. The Kier molecular flexibility index (Phi) is 1.78. The maximum Gasteiger partial charge on any atom is 0.0631 e. The minimum absolute atomic E-state index is 0.141. The fraction of sp³-hybridized carbons (Fsp3) is 0.143. The number of nitrogens with one attached hydrogen (secondary N) is 1. The molecular weight excluding hydrogens is 126 g/mol. The van der Waals surface area contributed by atoms with Crippen LogP contribution in [-0.4, -0.2) is 4.98 Å². The van der Waals surface area contributed by atoms with Crippen molar-refractivity contribution in [3.05, 3.63) is 30.6 Å². The topological polar surface area (TPSA) is 67.8 Å². The highest BCUT2D eigenvalue weighted by molar-refractivity contribution is 5.39. The van der Waals surface area contributed by atoms with E-state index in [0.717, 1.165) is 5.69 Å². The molecule has 1 rings (SSSR count). The van der Waals surface area contributed by atoms with Gasteiger partial charge in [-0.2, -0.15) is 0 Å². The van der Waals surface area contributed by atoms with Crippen molar-refractivity contribution in [2.45, 2.75) is 6.04 Å². The van der Waals surface area contributed by atoms with E-state index < -0.39 is 0 Å². The van der Waals surface area contributed by atoms with E-state index in [1.807, 2.05) is 0 Å². The lowest BCUT2D eigenvalue weighted by molar-refractivity contribution is 0.876. The summed E-state index contributed by atoms with van der Waals surface area (Å²) in [6.07, 6.45) is 3.37. The zero-order valence-electron chi connectivity index (χ0n) is 5.67. The molecule has 0 aliphatic rings. The Morgan fingerprint density at radius 1 is 1.70 bits per heavy atom. The van der Waals surface area contributed by atoms with Gasteiger partial charge in [-0.05, 0) is 6.07 Å². The minimum atomic E-state index is -0.141. The third kappa shape index (κ3) is 1.19. The monoisotopic (exact) mass is 137 g/mol. The molecule has 0 spiro atoms. The highest BCUT2D eigenvalue weighted by atomic mass is 14.8. The Labute approximate surface area is 59.7 Å². The molecule has 0 saturated heterocycles. The number of anilines is 1. The van der Waals surface area contributed by atoms with Gasteiger partial charge in [-0.3, -0.25) is 0 Å². The molecular formula is C7H11N3. The second kappa shape index (κ2) is 2.58. The first-order valence-corrected chi connectivity index (χ1v) is 3.06. The molecule has 1 atom stereocenters. The second-order valence-corrected chi connectivity index (χ2v) is 2.15. The van der Waals surface area contributed by atoms with Crippen LogP contribution in [0.15, 0.2) is 24.9 Å². The summed E-state index contributed by atoms with van der Waals surface area (Å²) < 4.78 is 0. The molecule has 1 aromatic heterocycles. The molecule has 54 valence electrons. The molecule has 0 bridgehead atoms. The molecule has 3 nitrogen and oxygen atoms in total. The van der Waals surface area contributed by atoms with E-state index in [4.69, 9.17) is 11.5 Å². The van der Waals surface area contributed by atoms with E-state index in [9.17, 15) is 0 Å². The van der Waals surface area contributed by atoms with Gasteiger partial charge in [0.2, 0.25) is 0 Å². The summed E-state index contributed by atoms with van der Waals surface area (Å²) in [5.41, 5.74) is 12.6. The van der Waals surface area contributed by atoms with Crippen LogP contribution in [0, 0.1) is 0 Å². The number of nitrogen functional groups attached to an aromatic ring is 1. The minimum Gasteiger partial charge on any atom is -0.397 e. The molecule has 0 unspecified atom stereocenters. The lowest BCUT2D eigenvalue weighted by Gasteiger charge is -1.99. The van der Waals surface area contributed by atoms with Gasteiger partial charge in [-0.25, -0.2) is 0 Å². The molecule has 0 aliphatic carbocycles.